The van der Waals surface area contributed by atoms with Gasteiger partial charge in [0.25, 0.3) is 0 Å². The summed E-state index contributed by atoms with van der Waals surface area (Å²) in [6.45, 7) is 4.27. The van der Waals surface area contributed by atoms with Gasteiger partial charge in [-0.25, -0.2) is 0 Å². The molecule has 0 aliphatic rings. The lowest BCUT2D eigenvalue weighted by molar-refractivity contribution is 0.938. The van der Waals surface area contributed by atoms with Gasteiger partial charge < -0.3 is 0 Å². The van der Waals surface area contributed by atoms with Crippen molar-refractivity contribution < 1.29 is 0 Å². The zero-order valence-electron chi connectivity index (χ0n) is 17.8. The van der Waals surface area contributed by atoms with E-state index in [9.17, 15) is 0 Å². The highest BCUT2D eigenvalue weighted by molar-refractivity contribution is 6.25. The summed E-state index contributed by atoms with van der Waals surface area (Å²) in [7, 11) is 0. The molecule has 0 aliphatic carbocycles. The number of benzene rings is 6. The number of anilines is 3. The molecule has 0 bridgehead atoms. The van der Waals surface area contributed by atoms with Crippen molar-refractivity contribution >= 4 is 49.4 Å². The molecule has 0 N–H and O–H groups in total. The highest BCUT2D eigenvalue weighted by Gasteiger charge is 2.28. The Morgan fingerprint density at radius 1 is 0.452 bits per heavy atom. The molecule has 31 heavy (non-hydrogen) atoms. The molecule has 0 aromatic heterocycles. The van der Waals surface area contributed by atoms with Crippen LogP contribution in [0.5, 0.6) is 0 Å². The summed E-state index contributed by atoms with van der Waals surface area (Å²) in [5.74, 6) is 0. The first-order valence-corrected chi connectivity index (χ1v) is 10.8. The van der Waals surface area contributed by atoms with Crippen LogP contribution in [0.1, 0.15) is 11.1 Å². The Bertz CT molecular complexity index is 1460. The van der Waals surface area contributed by atoms with Gasteiger partial charge in [-0.05, 0) is 47.5 Å². The summed E-state index contributed by atoms with van der Waals surface area (Å²) in [6.07, 6.45) is 0. The molecule has 6 aromatic rings. The van der Waals surface area contributed by atoms with E-state index in [1.807, 2.05) is 0 Å². The van der Waals surface area contributed by atoms with Gasteiger partial charge in [-0.3, -0.25) is 0 Å². The molecule has 6 rings (SSSR count). The van der Waals surface area contributed by atoms with E-state index in [0.29, 0.717) is 0 Å². The fourth-order valence-corrected chi connectivity index (χ4v) is 4.73. The number of aryl methyl sites for hydroxylation is 2. The zero-order chi connectivity index (χ0) is 20.9. The van der Waals surface area contributed by atoms with E-state index in [-0.39, 0.29) is 0 Å². The Morgan fingerprint density at radius 2 is 0.935 bits per heavy atom. The van der Waals surface area contributed by atoms with Crippen LogP contribution in [-0.4, -0.2) is 0 Å². The van der Waals surface area contributed by atoms with Crippen LogP contribution in [-0.2, 0) is 0 Å². The number of rotatable bonds is 3. The minimum Gasteiger partial charge on any atom is -0.0610 e. The van der Waals surface area contributed by atoms with Crippen LogP contribution >= 0.6 is 0 Å². The first-order valence-electron chi connectivity index (χ1n) is 10.8. The fourth-order valence-electron chi connectivity index (χ4n) is 4.73. The van der Waals surface area contributed by atoms with Crippen molar-refractivity contribution in [1.29, 1.82) is 0 Å². The predicted octanol–water partition coefficient (Wildman–Crippen LogP) is 8.64. The molecule has 0 spiro atoms. The van der Waals surface area contributed by atoms with Gasteiger partial charge in [0.2, 0.25) is 0 Å². The number of hydrogen-bond acceptors (Lipinski definition) is 1. The average molecular weight is 398 g/mol. The molecule has 0 saturated carbocycles. The summed E-state index contributed by atoms with van der Waals surface area (Å²) in [4.78, 5) is 2.38. The van der Waals surface area contributed by atoms with Crippen LogP contribution in [0.15, 0.2) is 103 Å². The van der Waals surface area contributed by atoms with Gasteiger partial charge in [0.05, 0.1) is 5.39 Å². The second kappa shape index (κ2) is 6.94. The van der Waals surface area contributed by atoms with E-state index in [1.165, 1.54) is 60.5 Å². The summed E-state index contributed by atoms with van der Waals surface area (Å²) >= 11 is 0. The van der Waals surface area contributed by atoms with Crippen LogP contribution in [0.3, 0.4) is 0 Å². The summed E-state index contributed by atoms with van der Waals surface area (Å²) in [5, 5.41) is 7.86. The second-order valence-corrected chi connectivity index (χ2v) is 8.45. The molecule has 1 radical (unpaired) electrons. The lowest BCUT2D eigenvalue weighted by Gasteiger charge is -2.16. The molecule has 0 aliphatic heterocycles. The summed E-state index contributed by atoms with van der Waals surface area (Å²) in [5.41, 5.74) is 6.08. The molecular formula is C30H23N+. The van der Waals surface area contributed by atoms with Crippen LogP contribution in [0, 0.1) is 13.8 Å². The third kappa shape index (κ3) is 2.90. The third-order valence-electron chi connectivity index (χ3n) is 6.33. The highest BCUT2D eigenvalue weighted by Crippen LogP contribution is 2.43. The molecule has 6 aromatic carbocycles. The van der Waals surface area contributed by atoms with Gasteiger partial charge in [-0.15, -0.1) is 0 Å². The third-order valence-corrected chi connectivity index (χ3v) is 6.33. The van der Waals surface area contributed by atoms with Crippen LogP contribution < -0.4 is 4.90 Å². The van der Waals surface area contributed by atoms with Crippen LogP contribution in [0.4, 0.5) is 17.1 Å². The first-order chi connectivity index (χ1) is 15.2. The lowest BCUT2D eigenvalue weighted by atomic mass is 9.93. The van der Waals surface area contributed by atoms with Gasteiger partial charge in [-0.1, -0.05) is 76.7 Å². The topological polar surface area (TPSA) is 5.90 Å². The molecule has 0 heterocycles. The standard InChI is InChI=1S/C30H23N/c1-20-6-14-25(15-7-20)31(26-16-8-21(2)9-17-26)28-19-13-24-11-10-22-4-3-5-23-12-18-27(28)30(24)29(22)23/h3-19H,1-2H3/q+1. The van der Waals surface area contributed by atoms with Crippen LogP contribution in [0.2, 0.25) is 0 Å². The van der Waals surface area contributed by atoms with Gasteiger partial charge in [0, 0.05) is 35.7 Å². The molecule has 0 amide bonds. The van der Waals surface area contributed by atoms with E-state index < -0.39 is 0 Å². The molecule has 0 saturated heterocycles. The van der Waals surface area contributed by atoms with E-state index in [2.05, 4.69) is 122 Å². The van der Waals surface area contributed by atoms with Crippen molar-refractivity contribution in [2.45, 2.75) is 13.8 Å². The first kappa shape index (κ1) is 18.1. The Labute approximate surface area is 182 Å². The molecule has 0 fully saturated rings. The largest absolute Gasteiger partial charge is 0.200 e. The molecule has 1 heteroatoms. The van der Waals surface area contributed by atoms with E-state index in [0.717, 1.165) is 0 Å². The lowest BCUT2D eigenvalue weighted by Crippen LogP contribution is -2.12. The van der Waals surface area contributed by atoms with E-state index in [4.69, 9.17) is 0 Å². The summed E-state index contributed by atoms with van der Waals surface area (Å²) < 4.78 is 0. The van der Waals surface area contributed by atoms with Crippen molar-refractivity contribution in [3.63, 3.8) is 0 Å². The Balaban J connectivity index is 1.69. The Morgan fingerprint density at radius 3 is 1.52 bits per heavy atom. The minimum atomic E-state index is 1.17. The van der Waals surface area contributed by atoms with Gasteiger partial charge in [0.1, 0.15) is 0 Å². The minimum absolute atomic E-state index is 1.17. The maximum Gasteiger partial charge on any atom is 0.200 e. The molecule has 0 atom stereocenters. The summed E-state index contributed by atoms with van der Waals surface area (Å²) in [6, 6.07) is 37.7. The van der Waals surface area contributed by atoms with Gasteiger partial charge >= 0.3 is 0 Å². The maximum atomic E-state index is 2.38. The normalized spacial score (nSPS) is 11.8. The molecule has 0 unspecified atom stereocenters. The highest BCUT2D eigenvalue weighted by atomic mass is 15.1. The average Bonchev–Trinajstić information content (AvgIpc) is 2.81. The molecule has 1 nitrogen and oxygen atoms in total. The SMILES string of the molecule is Cc1ccc([N+](c2ccc(C)cc2)c2ccc3ccc4cccc5ccc2c3c45)cc1. The maximum absolute atomic E-state index is 2.38. The Kier molecular flexibility index (Phi) is 4.05. The van der Waals surface area contributed by atoms with Crippen molar-refractivity contribution in [1.82, 2.24) is 4.90 Å². The van der Waals surface area contributed by atoms with E-state index in [1.54, 1.807) is 0 Å². The van der Waals surface area contributed by atoms with Crippen molar-refractivity contribution in [2.24, 2.45) is 0 Å². The predicted molar refractivity (Wildman–Crippen MR) is 134 cm³/mol. The Hall–Kier alpha value is -3.68. The van der Waals surface area contributed by atoms with Crippen molar-refractivity contribution in [3.05, 3.63) is 114 Å². The molecule has 147 valence electrons. The molecular weight excluding hydrogens is 374 g/mol. The quantitative estimate of drug-likeness (QED) is 0.208. The van der Waals surface area contributed by atoms with Crippen molar-refractivity contribution in [3.8, 4) is 0 Å². The van der Waals surface area contributed by atoms with E-state index >= 15 is 0 Å². The number of hydrogen-bond donors (Lipinski definition) is 0. The number of nitrogens with zero attached hydrogens (tertiary/aromatic N) is 1. The van der Waals surface area contributed by atoms with Crippen molar-refractivity contribution in [2.75, 3.05) is 0 Å². The second-order valence-electron chi connectivity index (χ2n) is 8.45. The van der Waals surface area contributed by atoms with Gasteiger partial charge in [0.15, 0.2) is 17.1 Å². The van der Waals surface area contributed by atoms with Crippen LogP contribution in [0.25, 0.3) is 32.3 Å². The van der Waals surface area contributed by atoms with Gasteiger partial charge in [-0.2, -0.15) is 0 Å². The fraction of sp³-hybridized carbons (Fsp3) is 0.0667. The smallest absolute Gasteiger partial charge is 0.0610 e. The zero-order valence-corrected chi connectivity index (χ0v) is 17.8. The monoisotopic (exact) mass is 397 g/mol.